The molecular formula is C20H10BrClN2O3S. The Morgan fingerprint density at radius 2 is 2.04 bits per heavy atom. The highest BCUT2D eigenvalue weighted by molar-refractivity contribution is 9.10. The molecule has 0 bridgehead atoms. The van der Waals surface area contributed by atoms with E-state index in [4.69, 9.17) is 16.0 Å². The molecule has 5 rings (SSSR count). The first-order valence-corrected chi connectivity index (χ1v) is 10.3. The average Bonchev–Trinajstić information content (AvgIpc) is 3.29. The molecular weight excluding hydrogens is 464 g/mol. The van der Waals surface area contributed by atoms with E-state index in [0.29, 0.717) is 26.7 Å². The fraction of sp³-hybridized carbons (Fsp3) is 0.0500. The summed E-state index contributed by atoms with van der Waals surface area (Å²) in [4.78, 5) is 32.4. The molecule has 4 aromatic rings. The smallest absolute Gasteiger partial charge is 0.297 e. The highest BCUT2D eigenvalue weighted by atomic mass is 79.9. The van der Waals surface area contributed by atoms with E-state index < -0.39 is 6.04 Å². The van der Waals surface area contributed by atoms with Crippen molar-refractivity contribution in [3.63, 3.8) is 0 Å². The molecule has 0 saturated carbocycles. The molecule has 1 atom stereocenters. The molecule has 0 spiro atoms. The summed E-state index contributed by atoms with van der Waals surface area (Å²) in [5.41, 5.74) is 1.14. The number of carbonyl (C=O) groups is 1. The van der Waals surface area contributed by atoms with Crippen LogP contribution in [0.3, 0.4) is 0 Å². The lowest BCUT2D eigenvalue weighted by Gasteiger charge is -2.22. The number of nitrogens with zero attached hydrogens (tertiary/aromatic N) is 2. The molecule has 3 heterocycles. The highest BCUT2D eigenvalue weighted by Crippen LogP contribution is 2.42. The number of hydrogen-bond acceptors (Lipinski definition) is 5. The van der Waals surface area contributed by atoms with Gasteiger partial charge >= 0.3 is 0 Å². The van der Waals surface area contributed by atoms with Crippen LogP contribution in [0.4, 0.5) is 5.13 Å². The topological polar surface area (TPSA) is 63.4 Å². The fourth-order valence-corrected chi connectivity index (χ4v) is 4.73. The van der Waals surface area contributed by atoms with Crippen LogP contribution in [-0.4, -0.2) is 10.9 Å². The first-order valence-electron chi connectivity index (χ1n) is 8.29. The normalized spacial score (nSPS) is 16.0. The SMILES string of the molecule is O=C1c2oc3ccc(Cl)cc3c(=O)c2C(c2cccc(Br)c2)N1c1nccs1. The van der Waals surface area contributed by atoms with E-state index in [2.05, 4.69) is 20.9 Å². The Labute approximate surface area is 176 Å². The van der Waals surface area contributed by atoms with Gasteiger partial charge in [-0.3, -0.25) is 14.5 Å². The first-order chi connectivity index (χ1) is 13.5. The van der Waals surface area contributed by atoms with Gasteiger partial charge in [-0.25, -0.2) is 4.98 Å². The van der Waals surface area contributed by atoms with Crippen LogP contribution in [0.1, 0.15) is 27.7 Å². The minimum Gasteiger partial charge on any atom is -0.450 e. The van der Waals surface area contributed by atoms with Crippen molar-refractivity contribution in [1.29, 1.82) is 0 Å². The van der Waals surface area contributed by atoms with Crippen LogP contribution < -0.4 is 10.3 Å². The standard InChI is InChI=1S/C20H10BrClN2O3S/c21-11-3-1-2-10(8-11)16-15-17(25)13-9-12(22)4-5-14(13)27-18(15)19(26)24(16)20-23-6-7-28-20/h1-9,16H. The predicted octanol–water partition coefficient (Wildman–Crippen LogP) is 5.42. The molecule has 5 nitrogen and oxygen atoms in total. The van der Waals surface area contributed by atoms with Crippen molar-refractivity contribution in [2.45, 2.75) is 6.04 Å². The van der Waals surface area contributed by atoms with Crippen LogP contribution in [-0.2, 0) is 0 Å². The van der Waals surface area contributed by atoms with Crippen LogP contribution in [0, 0.1) is 0 Å². The van der Waals surface area contributed by atoms with Crippen molar-refractivity contribution in [1.82, 2.24) is 4.98 Å². The molecule has 2 aromatic heterocycles. The molecule has 1 unspecified atom stereocenters. The minimum absolute atomic E-state index is 0.0417. The predicted molar refractivity (Wildman–Crippen MR) is 112 cm³/mol. The molecule has 0 fully saturated rings. The molecule has 1 amide bonds. The molecule has 138 valence electrons. The van der Waals surface area contributed by atoms with E-state index in [1.165, 1.54) is 16.2 Å². The highest BCUT2D eigenvalue weighted by Gasteiger charge is 2.44. The van der Waals surface area contributed by atoms with E-state index >= 15 is 0 Å². The Morgan fingerprint density at radius 1 is 1.18 bits per heavy atom. The van der Waals surface area contributed by atoms with Gasteiger partial charge in [-0.1, -0.05) is 39.7 Å². The zero-order chi connectivity index (χ0) is 19.4. The minimum atomic E-state index is -0.634. The number of amides is 1. The average molecular weight is 474 g/mol. The van der Waals surface area contributed by atoms with Gasteiger partial charge in [0.25, 0.3) is 5.91 Å². The van der Waals surface area contributed by atoms with Crippen molar-refractivity contribution < 1.29 is 9.21 Å². The first kappa shape index (κ1) is 17.6. The number of hydrogen-bond donors (Lipinski definition) is 0. The summed E-state index contributed by atoms with van der Waals surface area (Å²) in [6.07, 6.45) is 1.62. The van der Waals surface area contributed by atoms with E-state index in [1.54, 1.807) is 29.8 Å². The van der Waals surface area contributed by atoms with Crippen LogP contribution >= 0.6 is 38.9 Å². The summed E-state index contributed by atoms with van der Waals surface area (Å²) in [6, 6.07) is 11.7. The Kier molecular flexibility index (Phi) is 4.12. The van der Waals surface area contributed by atoms with Gasteiger partial charge in [0.2, 0.25) is 5.76 Å². The number of thiazole rings is 1. The Morgan fingerprint density at radius 3 is 2.79 bits per heavy atom. The number of benzene rings is 2. The van der Waals surface area contributed by atoms with Gasteiger partial charge in [-0.2, -0.15) is 0 Å². The van der Waals surface area contributed by atoms with Crippen LogP contribution in [0.25, 0.3) is 11.0 Å². The zero-order valence-corrected chi connectivity index (χ0v) is 17.2. The van der Waals surface area contributed by atoms with Crippen molar-refractivity contribution in [3.05, 3.63) is 90.6 Å². The van der Waals surface area contributed by atoms with Crippen LogP contribution in [0.5, 0.6) is 0 Å². The van der Waals surface area contributed by atoms with Crippen molar-refractivity contribution in [2.24, 2.45) is 0 Å². The summed E-state index contributed by atoms with van der Waals surface area (Å²) in [5.74, 6) is -0.344. The molecule has 0 radical (unpaired) electrons. The lowest BCUT2D eigenvalue weighted by atomic mass is 9.99. The lowest BCUT2D eigenvalue weighted by molar-refractivity contribution is 0.0971. The van der Waals surface area contributed by atoms with E-state index in [0.717, 1.165) is 10.0 Å². The van der Waals surface area contributed by atoms with Gasteiger partial charge in [-0.05, 0) is 35.9 Å². The molecule has 0 saturated heterocycles. The third-order valence-electron chi connectivity index (χ3n) is 4.62. The largest absolute Gasteiger partial charge is 0.450 e. The van der Waals surface area contributed by atoms with Crippen LogP contribution in [0.2, 0.25) is 5.02 Å². The van der Waals surface area contributed by atoms with Gasteiger partial charge in [-0.15, -0.1) is 11.3 Å². The summed E-state index contributed by atoms with van der Waals surface area (Å²) in [7, 11) is 0. The Bertz CT molecular complexity index is 1300. The summed E-state index contributed by atoms with van der Waals surface area (Å²) < 4.78 is 6.72. The van der Waals surface area contributed by atoms with Crippen molar-refractivity contribution in [2.75, 3.05) is 4.90 Å². The van der Waals surface area contributed by atoms with E-state index in [1.807, 2.05) is 24.3 Å². The van der Waals surface area contributed by atoms with E-state index in [-0.39, 0.29) is 17.1 Å². The molecule has 0 aliphatic carbocycles. The molecule has 1 aliphatic rings. The Balaban J connectivity index is 1.85. The summed E-state index contributed by atoms with van der Waals surface area (Å²) in [5, 5.41) is 3.07. The Hall–Kier alpha value is -2.48. The van der Waals surface area contributed by atoms with E-state index in [9.17, 15) is 9.59 Å². The fourth-order valence-electron chi connectivity index (χ4n) is 3.47. The molecule has 8 heteroatoms. The lowest BCUT2D eigenvalue weighted by Crippen LogP contribution is -2.29. The maximum atomic E-state index is 13.4. The van der Waals surface area contributed by atoms with Crippen molar-refractivity contribution >= 4 is 60.9 Å². The number of anilines is 1. The van der Waals surface area contributed by atoms with Crippen molar-refractivity contribution in [3.8, 4) is 0 Å². The summed E-state index contributed by atoms with van der Waals surface area (Å²) >= 11 is 10.9. The second-order valence-corrected chi connectivity index (χ2v) is 8.49. The van der Waals surface area contributed by atoms with Gasteiger partial charge in [0.15, 0.2) is 10.6 Å². The van der Waals surface area contributed by atoms with Gasteiger partial charge in [0.1, 0.15) is 5.58 Å². The summed E-state index contributed by atoms with van der Waals surface area (Å²) in [6.45, 7) is 0. The number of aromatic nitrogens is 1. The quantitative estimate of drug-likeness (QED) is 0.390. The maximum Gasteiger partial charge on any atom is 0.297 e. The maximum absolute atomic E-state index is 13.4. The van der Waals surface area contributed by atoms with Crippen LogP contribution in [0.15, 0.2) is 67.7 Å². The molecule has 28 heavy (non-hydrogen) atoms. The molecule has 1 aliphatic heterocycles. The number of halogens is 2. The number of rotatable bonds is 2. The van der Waals surface area contributed by atoms with Gasteiger partial charge in [0.05, 0.1) is 17.0 Å². The number of fused-ring (bicyclic) bond motifs is 2. The monoisotopic (exact) mass is 472 g/mol. The van der Waals surface area contributed by atoms with Gasteiger partial charge < -0.3 is 4.42 Å². The number of carbonyl (C=O) groups excluding carboxylic acids is 1. The second kappa shape index (κ2) is 6.55. The van der Waals surface area contributed by atoms with Gasteiger partial charge in [0, 0.05) is 21.1 Å². The molecule has 0 N–H and O–H groups in total. The third kappa shape index (κ3) is 2.62. The molecule has 2 aromatic carbocycles. The zero-order valence-electron chi connectivity index (χ0n) is 14.1. The third-order valence-corrected chi connectivity index (χ3v) is 6.12. The second-order valence-electron chi connectivity index (χ2n) is 6.26.